The summed E-state index contributed by atoms with van der Waals surface area (Å²) in [6.07, 6.45) is 3.10. The molecule has 3 aliphatic heterocycles. The Morgan fingerprint density at radius 2 is 1.81 bits per heavy atom. The molecule has 0 aromatic carbocycles. The van der Waals surface area contributed by atoms with Gasteiger partial charge in [0.05, 0.1) is 42.0 Å². The molecule has 0 unspecified atom stereocenters. The minimum absolute atomic E-state index is 0.00524. The second-order valence-electron chi connectivity index (χ2n) is 17.5. The second-order valence-corrected chi connectivity index (χ2v) is 17.5. The summed E-state index contributed by atoms with van der Waals surface area (Å²) in [6, 6.07) is 5.60. The highest BCUT2D eigenvalue weighted by Gasteiger charge is 2.51. The number of rotatable bonds is 8. The van der Waals surface area contributed by atoms with E-state index < -0.39 is 65.1 Å². The van der Waals surface area contributed by atoms with Gasteiger partial charge in [0.1, 0.15) is 17.6 Å². The van der Waals surface area contributed by atoms with E-state index in [1.54, 1.807) is 39.2 Å². The number of oxime groups is 1. The normalized spacial score (nSPS) is 36.8. The van der Waals surface area contributed by atoms with Crippen molar-refractivity contribution in [1.29, 1.82) is 0 Å². The summed E-state index contributed by atoms with van der Waals surface area (Å²) >= 11 is 0. The van der Waals surface area contributed by atoms with Crippen molar-refractivity contribution < 1.29 is 47.8 Å². The van der Waals surface area contributed by atoms with Crippen LogP contribution >= 0.6 is 0 Å². The molecule has 3 saturated heterocycles. The van der Waals surface area contributed by atoms with Crippen LogP contribution in [0.15, 0.2) is 45.3 Å². The number of carbonyl (C=O) groups excluding carboxylic acids is 3. The van der Waals surface area contributed by atoms with E-state index in [4.69, 9.17) is 28.3 Å². The first kappa shape index (κ1) is 46.2. The predicted octanol–water partition coefficient (Wildman–Crippen LogP) is 6.21. The fourth-order valence-electron chi connectivity index (χ4n) is 9.28. The topological polar surface area (TPSA) is 184 Å². The van der Waals surface area contributed by atoms with Crippen molar-refractivity contribution in [1.82, 2.24) is 15.0 Å². The van der Waals surface area contributed by atoms with E-state index in [9.17, 15) is 19.5 Å². The largest absolute Gasteiger partial charge is 0.459 e. The zero-order valence-corrected chi connectivity index (χ0v) is 36.7. The van der Waals surface area contributed by atoms with Crippen molar-refractivity contribution >= 4 is 29.1 Å². The number of esters is 1. The summed E-state index contributed by atoms with van der Waals surface area (Å²) in [6.45, 7) is 16.1. The molecule has 15 nitrogen and oxygen atoms in total. The number of hydrogen-bond acceptors (Lipinski definition) is 14. The summed E-state index contributed by atoms with van der Waals surface area (Å²) in [5.41, 5.74) is -0.316. The zero-order chi connectivity index (χ0) is 43.2. The van der Waals surface area contributed by atoms with Crippen molar-refractivity contribution in [3.8, 4) is 11.3 Å². The van der Waals surface area contributed by atoms with Crippen LogP contribution in [0.5, 0.6) is 0 Å². The number of aromatic nitrogens is 2. The standard InChI is InChI=1S/C44H65N5O10/c1-12-37-44(9,53)35-16-15-33(48-55-24-32-14-13-31(22-45-32)36-17-18-46-59-36)23-54-43(8,21-25(2)39(27(35)4)47-30(7)50)41(28(5)40(51)29(6)42(52)57-37)58-38-20-34(49(10)11)19-26(3)56-38/h13-14,17-18,22,25-29,34-35,37-38,41,53H,12,15-16,19-21,23-24H2,1-11H3/b47-39?,48-33+/t25-,26-,27-,28+,29-,34+,35-,37-,38+,41-,43-,44+/m1/s1. The number of fused-ring (bicyclic) bond motifs is 5. The average Bonchev–Trinajstić information content (AvgIpc) is 3.73. The summed E-state index contributed by atoms with van der Waals surface area (Å²) in [4.78, 5) is 58.5. The minimum atomic E-state index is -1.61. The molecule has 1 amide bonds. The predicted molar refractivity (Wildman–Crippen MR) is 220 cm³/mol. The Hall–Kier alpha value is -3.89. The Morgan fingerprint density at radius 1 is 1.07 bits per heavy atom. The Morgan fingerprint density at radius 3 is 2.44 bits per heavy atom. The van der Waals surface area contributed by atoms with Gasteiger partial charge in [0.25, 0.3) is 0 Å². The Kier molecular flexibility index (Phi) is 15.4. The number of pyridine rings is 1. The molecule has 5 rings (SSSR count). The number of carbonyl (C=O) groups is 3. The number of ether oxygens (including phenoxy) is 4. The molecule has 0 radical (unpaired) electrons. The van der Waals surface area contributed by atoms with E-state index in [0.717, 1.165) is 12.0 Å². The van der Waals surface area contributed by atoms with Gasteiger partial charge in [-0.15, -0.1) is 0 Å². The van der Waals surface area contributed by atoms with Gasteiger partial charge in [0.2, 0.25) is 5.91 Å². The maximum atomic E-state index is 14.5. The third-order valence-electron chi connectivity index (χ3n) is 12.6. The lowest BCUT2D eigenvalue weighted by Crippen LogP contribution is -2.56. The summed E-state index contributed by atoms with van der Waals surface area (Å²) < 4.78 is 31.7. The van der Waals surface area contributed by atoms with Crippen LogP contribution in [0, 0.1) is 29.6 Å². The van der Waals surface area contributed by atoms with Gasteiger partial charge in [-0.25, -0.2) is 4.99 Å². The molecule has 2 bridgehead atoms. The van der Waals surface area contributed by atoms with Crippen LogP contribution < -0.4 is 0 Å². The molecular formula is C44H65N5O10. The van der Waals surface area contributed by atoms with Crippen molar-refractivity contribution in [2.24, 2.45) is 39.7 Å². The van der Waals surface area contributed by atoms with E-state index in [1.165, 1.54) is 6.92 Å². The van der Waals surface area contributed by atoms with Gasteiger partial charge in [0.15, 0.2) is 24.4 Å². The Labute approximate surface area is 348 Å². The summed E-state index contributed by atoms with van der Waals surface area (Å²) in [5, 5.41) is 20.9. The van der Waals surface area contributed by atoms with Gasteiger partial charge in [-0.1, -0.05) is 38.0 Å². The molecule has 59 heavy (non-hydrogen) atoms. The van der Waals surface area contributed by atoms with E-state index in [-0.39, 0.29) is 50.0 Å². The third kappa shape index (κ3) is 11.1. The lowest BCUT2D eigenvalue weighted by molar-refractivity contribution is -0.263. The SMILES string of the molecule is CC[C@H]1OC(=O)[C@H](C)C(=O)[C@H](C)[C@@H](O[C@H]2C[C@@H](N(C)C)C[C@@H](C)O2)[C@@]2(C)C[C@@H](C)C(=NC(C)=O)[C@H](C)[C@@H](CC/C(=N\OCc3ccc(-c4ccno4)cn3)CO2)[C@]1(C)O. The molecule has 2 aromatic rings. The van der Waals surface area contributed by atoms with Crippen LogP contribution in [0.1, 0.15) is 107 Å². The van der Waals surface area contributed by atoms with E-state index in [1.807, 2.05) is 60.8 Å². The molecule has 1 N–H and O–H groups in total. The minimum Gasteiger partial charge on any atom is -0.459 e. The number of aliphatic hydroxyl groups is 1. The first-order chi connectivity index (χ1) is 27.8. The maximum absolute atomic E-state index is 14.5. The molecule has 326 valence electrons. The van der Waals surface area contributed by atoms with Gasteiger partial charge < -0.3 is 38.3 Å². The van der Waals surface area contributed by atoms with Gasteiger partial charge in [-0.05, 0) is 97.9 Å². The highest BCUT2D eigenvalue weighted by molar-refractivity contribution is 6.00. The molecule has 0 spiro atoms. The number of ketones is 1. The quantitative estimate of drug-likeness (QED) is 0.180. The molecule has 5 heterocycles. The number of amides is 1. The van der Waals surface area contributed by atoms with Crippen molar-refractivity contribution in [2.75, 3.05) is 20.7 Å². The summed E-state index contributed by atoms with van der Waals surface area (Å²) in [7, 11) is 4.05. The van der Waals surface area contributed by atoms with Crippen LogP contribution in [0.25, 0.3) is 11.3 Å². The van der Waals surface area contributed by atoms with Crippen molar-refractivity contribution in [3.63, 3.8) is 0 Å². The van der Waals surface area contributed by atoms with Crippen molar-refractivity contribution in [2.45, 2.75) is 149 Å². The second kappa shape index (κ2) is 19.7. The number of Topliss-reactive ketones (excluding diaryl/α,β-unsaturated/α-hetero) is 1. The van der Waals surface area contributed by atoms with E-state index >= 15 is 0 Å². The Bertz CT molecular complexity index is 1800. The molecular weight excluding hydrogens is 759 g/mol. The lowest BCUT2D eigenvalue weighted by atomic mass is 9.68. The van der Waals surface area contributed by atoms with Gasteiger partial charge in [-0.3, -0.25) is 19.4 Å². The van der Waals surface area contributed by atoms with E-state index in [2.05, 4.69) is 25.2 Å². The Balaban J connectivity index is 1.62. The number of aliphatic imine (C=N–C) groups is 1. The van der Waals surface area contributed by atoms with Crippen LogP contribution in [0.4, 0.5) is 0 Å². The van der Waals surface area contributed by atoms with Crippen LogP contribution in [-0.4, -0.2) is 112 Å². The van der Waals surface area contributed by atoms with Gasteiger partial charge >= 0.3 is 5.97 Å². The van der Waals surface area contributed by atoms with Crippen LogP contribution in [-0.2, 0) is 44.8 Å². The molecule has 3 aliphatic rings. The fraction of sp³-hybridized carbons (Fsp3) is 0.705. The number of hydrogen-bond donors (Lipinski definition) is 1. The third-order valence-corrected chi connectivity index (χ3v) is 12.6. The van der Waals surface area contributed by atoms with Crippen LogP contribution in [0.2, 0.25) is 0 Å². The average molecular weight is 824 g/mol. The molecule has 2 aromatic heterocycles. The monoisotopic (exact) mass is 823 g/mol. The maximum Gasteiger partial charge on any atom is 0.316 e. The van der Waals surface area contributed by atoms with Gasteiger partial charge in [0, 0.05) is 54.8 Å². The molecule has 12 atom stereocenters. The smallest absolute Gasteiger partial charge is 0.316 e. The summed E-state index contributed by atoms with van der Waals surface area (Å²) in [5.74, 6) is -4.37. The first-order valence-electron chi connectivity index (χ1n) is 21.0. The molecule has 0 saturated carbocycles. The van der Waals surface area contributed by atoms with Crippen LogP contribution in [0.3, 0.4) is 0 Å². The molecule has 15 heteroatoms. The molecule has 3 fully saturated rings. The van der Waals surface area contributed by atoms with E-state index in [0.29, 0.717) is 42.1 Å². The number of cyclic esters (lactones) is 1. The highest BCUT2D eigenvalue weighted by atomic mass is 16.7. The number of nitrogens with zero attached hydrogens (tertiary/aromatic N) is 5. The fourth-order valence-corrected chi connectivity index (χ4v) is 9.28. The zero-order valence-electron chi connectivity index (χ0n) is 36.7. The highest BCUT2D eigenvalue weighted by Crippen LogP contribution is 2.42. The van der Waals surface area contributed by atoms with Gasteiger partial charge in [-0.2, -0.15) is 0 Å². The van der Waals surface area contributed by atoms with Crippen molar-refractivity contribution in [3.05, 3.63) is 36.3 Å². The lowest BCUT2D eigenvalue weighted by Gasteiger charge is -2.46. The molecule has 0 aliphatic carbocycles. The first-order valence-corrected chi connectivity index (χ1v) is 21.0.